The summed E-state index contributed by atoms with van der Waals surface area (Å²) in [5.74, 6) is 3.55. The fourth-order valence-electron chi connectivity index (χ4n) is 7.94. The molecule has 1 unspecified atom stereocenters. The Kier molecular flexibility index (Phi) is 7.46. The van der Waals surface area contributed by atoms with E-state index < -0.39 is 7.92 Å². The Morgan fingerprint density at radius 3 is 1.87 bits per heavy atom. The van der Waals surface area contributed by atoms with Gasteiger partial charge in [0.15, 0.2) is 0 Å². The van der Waals surface area contributed by atoms with Gasteiger partial charge in [-0.1, -0.05) is 164 Å². The minimum absolute atomic E-state index is 0.109. The van der Waals surface area contributed by atoms with Crippen LogP contribution in [0.15, 0.2) is 188 Å². The summed E-state index contributed by atoms with van der Waals surface area (Å²) in [6, 6.07) is 71.8. The third-order valence-electron chi connectivity index (χ3n) is 10.3. The summed E-state index contributed by atoms with van der Waals surface area (Å²) in [5, 5.41) is 10.0. The quantitative estimate of drug-likeness (QED) is 0.144. The Morgan fingerprint density at radius 2 is 1.08 bits per heavy atom. The third-order valence-corrected chi connectivity index (χ3v) is 12.8. The molecule has 52 heavy (non-hydrogen) atoms. The summed E-state index contributed by atoms with van der Waals surface area (Å²) in [6.07, 6.45) is 0. The molecule has 2 nitrogen and oxygen atoms in total. The molecule has 0 saturated heterocycles. The standard InChI is InChI=1S/C49H33N2P/c1-3-13-37(14-4-1)52(38-15-5-2-6-16-38)49-24-12-19-40-39(18-11-20-43(40)49)35-27-25-34(26-28-35)36-29-30-41-42-17-7-9-22-46(42)51-47(44(41)33-36)31-32-50-45-21-8-10-23-48(45)51/h1-30,33,47,50H. The Morgan fingerprint density at radius 1 is 0.462 bits per heavy atom. The fraction of sp³-hybridized carbons (Fsp3) is 0.0204. The lowest BCUT2D eigenvalue weighted by molar-refractivity contribution is 0.871. The van der Waals surface area contributed by atoms with Crippen LogP contribution in [0, 0.1) is 12.0 Å². The van der Waals surface area contributed by atoms with Crippen LogP contribution in [0.2, 0.25) is 0 Å². The van der Waals surface area contributed by atoms with Crippen LogP contribution in [-0.2, 0) is 0 Å². The van der Waals surface area contributed by atoms with Crippen LogP contribution in [0.4, 0.5) is 17.1 Å². The van der Waals surface area contributed by atoms with Gasteiger partial charge in [0.25, 0.3) is 0 Å². The van der Waals surface area contributed by atoms with Crippen molar-refractivity contribution in [2.24, 2.45) is 0 Å². The summed E-state index contributed by atoms with van der Waals surface area (Å²) < 4.78 is 0. The predicted molar refractivity (Wildman–Crippen MR) is 222 cm³/mol. The van der Waals surface area contributed by atoms with Crippen LogP contribution in [0.1, 0.15) is 11.6 Å². The number of nitrogens with zero attached hydrogens (tertiary/aromatic N) is 1. The van der Waals surface area contributed by atoms with E-state index in [-0.39, 0.29) is 6.04 Å². The first-order chi connectivity index (χ1) is 25.8. The minimum atomic E-state index is -0.722. The van der Waals surface area contributed by atoms with E-state index in [9.17, 15) is 0 Å². The van der Waals surface area contributed by atoms with E-state index in [2.05, 4.69) is 210 Å². The van der Waals surface area contributed by atoms with Crippen LogP contribution in [0.25, 0.3) is 44.2 Å². The van der Waals surface area contributed by atoms with Gasteiger partial charge in [-0.3, -0.25) is 0 Å². The van der Waals surface area contributed by atoms with Gasteiger partial charge in [0, 0.05) is 11.6 Å². The first kappa shape index (κ1) is 30.4. The van der Waals surface area contributed by atoms with Gasteiger partial charge in [-0.05, 0) is 98.2 Å². The molecule has 0 amide bonds. The summed E-state index contributed by atoms with van der Waals surface area (Å²) in [5.41, 5.74) is 11.9. The molecule has 10 rings (SSSR count). The highest BCUT2D eigenvalue weighted by Gasteiger charge is 2.33. The average molecular weight is 681 g/mol. The first-order valence-corrected chi connectivity index (χ1v) is 19.1. The molecule has 0 aromatic heterocycles. The molecule has 8 aromatic carbocycles. The van der Waals surface area contributed by atoms with Crippen LogP contribution in [0.3, 0.4) is 0 Å². The van der Waals surface area contributed by atoms with Crippen molar-refractivity contribution in [3.8, 4) is 45.3 Å². The highest BCUT2D eigenvalue weighted by atomic mass is 31.1. The van der Waals surface area contributed by atoms with Crippen LogP contribution >= 0.6 is 7.92 Å². The van der Waals surface area contributed by atoms with E-state index in [0.29, 0.717) is 0 Å². The Labute approximate surface area is 305 Å². The van der Waals surface area contributed by atoms with Crippen molar-refractivity contribution in [2.75, 3.05) is 10.2 Å². The molecule has 244 valence electrons. The molecule has 0 spiro atoms. The van der Waals surface area contributed by atoms with Gasteiger partial charge in [0.1, 0.15) is 6.04 Å². The second-order valence-electron chi connectivity index (χ2n) is 13.3. The fourth-order valence-corrected chi connectivity index (χ4v) is 10.4. The van der Waals surface area contributed by atoms with Crippen molar-refractivity contribution < 1.29 is 0 Å². The number of para-hydroxylation sites is 3. The second-order valence-corrected chi connectivity index (χ2v) is 15.5. The van der Waals surface area contributed by atoms with Crippen molar-refractivity contribution in [3.63, 3.8) is 0 Å². The van der Waals surface area contributed by atoms with E-state index in [1.807, 2.05) is 0 Å². The smallest absolute Gasteiger partial charge is 0.123 e. The molecule has 2 aliphatic heterocycles. The molecular weight excluding hydrogens is 648 g/mol. The molecule has 2 heterocycles. The minimum Gasteiger partial charge on any atom is -0.320 e. The molecule has 2 aliphatic rings. The van der Waals surface area contributed by atoms with Gasteiger partial charge >= 0.3 is 0 Å². The van der Waals surface area contributed by atoms with Crippen molar-refractivity contribution in [3.05, 3.63) is 194 Å². The number of anilines is 3. The summed E-state index contributed by atoms with van der Waals surface area (Å²) in [4.78, 5) is 2.39. The third kappa shape index (κ3) is 5.10. The van der Waals surface area contributed by atoms with Crippen molar-refractivity contribution in [1.29, 1.82) is 0 Å². The normalized spacial score (nSPS) is 13.9. The van der Waals surface area contributed by atoms with Gasteiger partial charge in [0.05, 0.1) is 17.1 Å². The van der Waals surface area contributed by atoms with Gasteiger partial charge in [-0.15, -0.1) is 0 Å². The van der Waals surface area contributed by atoms with E-state index in [1.165, 1.54) is 71.3 Å². The summed E-state index contributed by atoms with van der Waals surface area (Å²) >= 11 is 0. The molecular formula is C49H33N2P. The SMILES string of the molecule is C1#CC2c3cc(-c4ccc(-c5cccc6c(P(c7ccccc7)c7ccccc7)cccc56)cc4)ccc3-c3ccccc3N2c2ccccc2N1. The van der Waals surface area contributed by atoms with Crippen molar-refractivity contribution in [1.82, 2.24) is 0 Å². The molecule has 0 saturated carbocycles. The number of fused-ring (bicyclic) bond motifs is 9. The molecule has 0 fully saturated rings. The van der Waals surface area contributed by atoms with Gasteiger partial charge in [-0.25, -0.2) is 0 Å². The van der Waals surface area contributed by atoms with E-state index >= 15 is 0 Å². The first-order valence-electron chi connectivity index (χ1n) is 17.7. The molecule has 0 aliphatic carbocycles. The summed E-state index contributed by atoms with van der Waals surface area (Å²) in [6.45, 7) is 0. The molecule has 1 atom stereocenters. The molecule has 3 heteroatoms. The zero-order valence-corrected chi connectivity index (χ0v) is 29.3. The molecule has 0 bridgehead atoms. The van der Waals surface area contributed by atoms with E-state index in [4.69, 9.17) is 0 Å². The lowest BCUT2D eigenvalue weighted by Crippen LogP contribution is -2.26. The maximum Gasteiger partial charge on any atom is 0.123 e. The largest absolute Gasteiger partial charge is 0.320 e. The summed E-state index contributed by atoms with van der Waals surface area (Å²) in [7, 11) is -0.722. The zero-order valence-electron chi connectivity index (χ0n) is 28.4. The number of benzene rings is 8. The number of rotatable bonds is 5. The topological polar surface area (TPSA) is 15.3 Å². The lowest BCUT2D eigenvalue weighted by Gasteiger charge is -2.38. The number of hydrogen-bond acceptors (Lipinski definition) is 2. The highest BCUT2D eigenvalue weighted by molar-refractivity contribution is 7.80. The van der Waals surface area contributed by atoms with E-state index in [0.717, 1.165) is 11.4 Å². The Bertz CT molecular complexity index is 2630. The number of hydrogen-bond donors (Lipinski definition) is 1. The molecule has 8 aromatic rings. The second kappa shape index (κ2) is 12.7. The van der Waals surface area contributed by atoms with Crippen molar-refractivity contribution >= 4 is 51.7 Å². The van der Waals surface area contributed by atoms with Gasteiger partial charge in [0.2, 0.25) is 0 Å². The maximum atomic E-state index is 3.55. The average Bonchev–Trinajstić information content (AvgIpc) is 3.42. The Balaban J connectivity index is 1.04. The monoisotopic (exact) mass is 680 g/mol. The maximum absolute atomic E-state index is 3.55. The van der Waals surface area contributed by atoms with Crippen molar-refractivity contribution in [2.45, 2.75) is 6.04 Å². The predicted octanol–water partition coefficient (Wildman–Crippen LogP) is 11.2. The highest BCUT2D eigenvalue weighted by Crippen LogP contribution is 2.51. The molecule has 1 N–H and O–H groups in total. The zero-order chi connectivity index (χ0) is 34.4. The number of nitrogens with one attached hydrogen (secondary N) is 1. The lowest BCUT2D eigenvalue weighted by atomic mass is 9.85. The van der Waals surface area contributed by atoms with Crippen LogP contribution in [0.5, 0.6) is 0 Å². The van der Waals surface area contributed by atoms with Crippen LogP contribution in [-0.4, -0.2) is 0 Å². The Hall–Kier alpha value is -6.39. The molecule has 0 radical (unpaired) electrons. The van der Waals surface area contributed by atoms with Gasteiger partial charge < -0.3 is 10.2 Å². The van der Waals surface area contributed by atoms with Gasteiger partial charge in [-0.2, -0.15) is 0 Å². The van der Waals surface area contributed by atoms with E-state index in [1.54, 1.807) is 0 Å². The van der Waals surface area contributed by atoms with Crippen LogP contribution < -0.4 is 26.1 Å².